The molecule has 1 rings (SSSR count). The maximum atomic E-state index is 12.0. The highest BCUT2D eigenvalue weighted by Crippen LogP contribution is 2.19. The molecule has 18 heavy (non-hydrogen) atoms. The number of anilines is 1. The Balaban J connectivity index is 2.77. The summed E-state index contributed by atoms with van der Waals surface area (Å²) in [7, 11) is -3.56. The van der Waals surface area contributed by atoms with E-state index in [0.717, 1.165) is 6.42 Å². The lowest BCUT2D eigenvalue weighted by Crippen LogP contribution is -2.27. The highest BCUT2D eigenvalue weighted by Gasteiger charge is 2.21. The van der Waals surface area contributed by atoms with E-state index in [4.69, 9.17) is 5.73 Å². The first-order valence-electron chi connectivity index (χ1n) is 5.98. The Kier molecular flexibility index (Phi) is 4.39. The lowest BCUT2D eigenvalue weighted by Gasteiger charge is -2.17. The van der Waals surface area contributed by atoms with Crippen molar-refractivity contribution in [3.63, 3.8) is 0 Å². The van der Waals surface area contributed by atoms with Crippen LogP contribution in [0, 0.1) is 5.41 Å². The van der Waals surface area contributed by atoms with Crippen molar-refractivity contribution in [3.05, 3.63) is 6.20 Å². The topological polar surface area (TPSA) is 90.0 Å². The van der Waals surface area contributed by atoms with E-state index < -0.39 is 10.0 Å². The molecule has 0 aliphatic carbocycles. The third kappa shape index (κ3) is 3.99. The van der Waals surface area contributed by atoms with Crippen LogP contribution in [0.25, 0.3) is 0 Å². The predicted molar refractivity (Wildman–Crippen MR) is 71.6 cm³/mol. The van der Waals surface area contributed by atoms with Gasteiger partial charge < -0.3 is 5.73 Å². The zero-order chi connectivity index (χ0) is 14.0. The average Bonchev–Trinajstić information content (AvgIpc) is 2.58. The Labute approximate surface area is 109 Å². The lowest BCUT2D eigenvalue weighted by atomic mass is 9.93. The van der Waals surface area contributed by atoms with E-state index >= 15 is 0 Å². The number of sulfonamides is 1. The average molecular weight is 274 g/mol. The zero-order valence-electron chi connectivity index (χ0n) is 11.4. The molecule has 0 fully saturated rings. The van der Waals surface area contributed by atoms with E-state index in [9.17, 15) is 8.42 Å². The second kappa shape index (κ2) is 5.27. The fourth-order valence-corrected chi connectivity index (χ4v) is 2.53. The smallest absolute Gasteiger partial charge is 0.245 e. The van der Waals surface area contributed by atoms with Crippen molar-refractivity contribution in [1.82, 2.24) is 14.5 Å². The second-order valence-corrected chi connectivity index (χ2v) is 7.18. The summed E-state index contributed by atoms with van der Waals surface area (Å²) in [6, 6.07) is 0. The van der Waals surface area contributed by atoms with E-state index in [-0.39, 0.29) is 16.1 Å². The van der Waals surface area contributed by atoms with Gasteiger partial charge in [-0.05, 0) is 18.8 Å². The number of aromatic nitrogens is 2. The van der Waals surface area contributed by atoms with Crippen molar-refractivity contribution in [2.75, 3.05) is 12.3 Å². The van der Waals surface area contributed by atoms with Crippen molar-refractivity contribution in [1.29, 1.82) is 0 Å². The number of nitrogens with zero attached hydrogens (tertiary/aromatic N) is 2. The Morgan fingerprint density at radius 1 is 1.44 bits per heavy atom. The van der Waals surface area contributed by atoms with Gasteiger partial charge in [-0.25, -0.2) is 13.1 Å². The summed E-state index contributed by atoms with van der Waals surface area (Å²) < 4.78 is 28.1. The zero-order valence-corrected chi connectivity index (χ0v) is 12.2. The van der Waals surface area contributed by atoms with Gasteiger partial charge >= 0.3 is 0 Å². The van der Waals surface area contributed by atoms with Gasteiger partial charge in [-0.1, -0.05) is 20.8 Å². The third-order valence-electron chi connectivity index (χ3n) is 2.54. The monoisotopic (exact) mass is 274 g/mol. The molecule has 1 aromatic heterocycles. The summed E-state index contributed by atoms with van der Waals surface area (Å²) in [6.45, 7) is 9.03. The summed E-state index contributed by atoms with van der Waals surface area (Å²) in [5.74, 6) is 0.0418. The fourth-order valence-electron chi connectivity index (χ4n) is 1.43. The Bertz CT molecular complexity index is 500. The van der Waals surface area contributed by atoms with E-state index in [1.807, 2.05) is 6.92 Å². The minimum Gasteiger partial charge on any atom is -0.381 e. The Hall–Kier alpha value is -1.08. The number of nitrogen functional groups attached to an aromatic ring is 1. The van der Waals surface area contributed by atoms with Gasteiger partial charge in [0, 0.05) is 19.3 Å². The first kappa shape index (κ1) is 15.0. The molecule has 0 atom stereocenters. The number of aryl methyl sites for hydroxylation is 1. The molecule has 0 bridgehead atoms. The van der Waals surface area contributed by atoms with Crippen molar-refractivity contribution in [2.24, 2.45) is 5.41 Å². The normalized spacial score (nSPS) is 12.9. The Morgan fingerprint density at radius 3 is 2.50 bits per heavy atom. The summed E-state index contributed by atoms with van der Waals surface area (Å²) in [5, 5.41) is 3.93. The van der Waals surface area contributed by atoms with Crippen LogP contribution in [0.4, 0.5) is 5.82 Å². The first-order chi connectivity index (χ1) is 8.15. The van der Waals surface area contributed by atoms with Gasteiger partial charge in [0.15, 0.2) is 5.82 Å². The molecule has 0 aromatic carbocycles. The minimum absolute atomic E-state index is 0.0418. The standard InChI is InChI=1S/C11H22N4O2S/c1-5-15-8-9(10(12)14-15)18(16,17)13-7-6-11(2,3)4/h8,13H,5-7H2,1-4H3,(H2,12,14). The van der Waals surface area contributed by atoms with Crippen LogP contribution in [0.3, 0.4) is 0 Å². The van der Waals surface area contributed by atoms with Crippen molar-refractivity contribution < 1.29 is 8.42 Å². The SMILES string of the molecule is CCn1cc(S(=O)(=O)NCCC(C)(C)C)c(N)n1. The number of nitrogens with one attached hydrogen (secondary N) is 1. The summed E-state index contributed by atoms with van der Waals surface area (Å²) in [4.78, 5) is 0.0539. The molecule has 7 heteroatoms. The largest absolute Gasteiger partial charge is 0.381 e. The van der Waals surface area contributed by atoms with Gasteiger partial charge in [-0.15, -0.1) is 0 Å². The van der Waals surface area contributed by atoms with Gasteiger partial charge in [0.2, 0.25) is 10.0 Å². The van der Waals surface area contributed by atoms with Crippen molar-refractivity contribution in [2.45, 2.75) is 45.6 Å². The van der Waals surface area contributed by atoms with Gasteiger partial charge in [-0.2, -0.15) is 5.10 Å². The van der Waals surface area contributed by atoms with Crippen molar-refractivity contribution in [3.8, 4) is 0 Å². The van der Waals surface area contributed by atoms with Gasteiger partial charge in [0.1, 0.15) is 4.90 Å². The Morgan fingerprint density at radius 2 is 2.06 bits per heavy atom. The molecular formula is C11H22N4O2S. The van der Waals surface area contributed by atoms with Crippen LogP contribution in [0.1, 0.15) is 34.1 Å². The van der Waals surface area contributed by atoms with Crippen LogP contribution >= 0.6 is 0 Å². The summed E-state index contributed by atoms with van der Waals surface area (Å²) in [6.07, 6.45) is 2.21. The highest BCUT2D eigenvalue weighted by atomic mass is 32.2. The molecule has 1 heterocycles. The summed E-state index contributed by atoms with van der Waals surface area (Å²) >= 11 is 0. The summed E-state index contributed by atoms with van der Waals surface area (Å²) in [5.41, 5.74) is 5.69. The number of hydrogen-bond acceptors (Lipinski definition) is 4. The molecule has 3 N–H and O–H groups in total. The van der Waals surface area contributed by atoms with Crippen LogP contribution in [-0.2, 0) is 16.6 Å². The molecule has 0 unspecified atom stereocenters. The maximum Gasteiger partial charge on any atom is 0.245 e. The molecule has 0 saturated carbocycles. The minimum atomic E-state index is -3.56. The second-order valence-electron chi connectivity index (χ2n) is 5.44. The fraction of sp³-hybridized carbons (Fsp3) is 0.727. The van der Waals surface area contributed by atoms with Crippen molar-refractivity contribution >= 4 is 15.8 Å². The molecule has 0 aliphatic heterocycles. The molecule has 0 aliphatic rings. The number of rotatable bonds is 5. The van der Waals surface area contributed by atoms with E-state index in [2.05, 4.69) is 30.6 Å². The van der Waals surface area contributed by atoms with Crippen LogP contribution in [0.2, 0.25) is 0 Å². The highest BCUT2D eigenvalue weighted by molar-refractivity contribution is 7.89. The molecule has 0 spiro atoms. The molecule has 104 valence electrons. The lowest BCUT2D eigenvalue weighted by molar-refractivity contribution is 0.378. The van der Waals surface area contributed by atoms with E-state index in [0.29, 0.717) is 13.1 Å². The molecular weight excluding hydrogens is 252 g/mol. The number of hydrogen-bond donors (Lipinski definition) is 2. The molecule has 1 aromatic rings. The molecule has 0 radical (unpaired) electrons. The van der Waals surface area contributed by atoms with Crippen LogP contribution in [0.5, 0.6) is 0 Å². The van der Waals surface area contributed by atoms with E-state index in [1.165, 1.54) is 10.9 Å². The van der Waals surface area contributed by atoms with Crippen LogP contribution in [-0.4, -0.2) is 24.7 Å². The number of nitrogens with two attached hydrogens (primary N) is 1. The van der Waals surface area contributed by atoms with Gasteiger partial charge in [0.25, 0.3) is 0 Å². The third-order valence-corrected chi connectivity index (χ3v) is 4.01. The predicted octanol–water partition coefficient (Wildman–Crippen LogP) is 1.20. The molecule has 0 saturated heterocycles. The van der Waals surface area contributed by atoms with E-state index in [1.54, 1.807) is 0 Å². The first-order valence-corrected chi connectivity index (χ1v) is 7.46. The molecule has 0 amide bonds. The molecule has 6 nitrogen and oxygen atoms in total. The maximum absolute atomic E-state index is 12.0. The van der Waals surface area contributed by atoms with Crippen LogP contribution in [0.15, 0.2) is 11.1 Å². The van der Waals surface area contributed by atoms with Gasteiger partial charge in [0.05, 0.1) is 0 Å². The van der Waals surface area contributed by atoms with Crippen LogP contribution < -0.4 is 10.5 Å². The van der Waals surface area contributed by atoms with Gasteiger partial charge in [-0.3, -0.25) is 4.68 Å². The quantitative estimate of drug-likeness (QED) is 0.844.